The molecule has 0 aliphatic rings. The van der Waals surface area contributed by atoms with E-state index in [1.54, 1.807) is 19.1 Å². The van der Waals surface area contributed by atoms with Crippen molar-refractivity contribution in [3.05, 3.63) is 53.0 Å². The molecular formula is C14H14O5S. The maximum atomic E-state index is 12.3. The van der Waals surface area contributed by atoms with Crippen LogP contribution < -0.4 is 0 Å². The van der Waals surface area contributed by atoms with Gasteiger partial charge in [-0.15, -0.1) is 0 Å². The molecule has 106 valence electrons. The smallest absolute Gasteiger partial charge is 0.371 e. The number of aryl methyl sites for hydroxylation is 2. The fraction of sp³-hybridized carbons (Fsp3) is 0.214. The first-order valence-electron chi connectivity index (χ1n) is 5.91. The maximum absolute atomic E-state index is 12.3. The predicted molar refractivity (Wildman–Crippen MR) is 72.5 cm³/mol. The van der Waals surface area contributed by atoms with Crippen LogP contribution in [-0.2, 0) is 15.6 Å². The molecule has 1 heterocycles. The number of furan rings is 1. The highest BCUT2D eigenvalue weighted by atomic mass is 32.2. The van der Waals surface area contributed by atoms with E-state index in [-0.39, 0.29) is 22.2 Å². The zero-order valence-electron chi connectivity index (χ0n) is 11.1. The van der Waals surface area contributed by atoms with E-state index in [1.165, 1.54) is 12.1 Å². The number of hydrogen-bond donors (Lipinski definition) is 1. The van der Waals surface area contributed by atoms with Crippen LogP contribution in [0.3, 0.4) is 0 Å². The van der Waals surface area contributed by atoms with Crippen LogP contribution >= 0.6 is 0 Å². The monoisotopic (exact) mass is 294 g/mol. The maximum Gasteiger partial charge on any atom is 0.371 e. The SMILES string of the molecule is Cc1ccc(C)c(S(=O)(=O)Cc2ccc(C(=O)O)o2)c1. The zero-order valence-corrected chi connectivity index (χ0v) is 11.9. The molecule has 0 amide bonds. The number of carbonyl (C=O) groups is 1. The van der Waals surface area contributed by atoms with Crippen molar-refractivity contribution in [2.45, 2.75) is 24.5 Å². The van der Waals surface area contributed by atoms with E-state index in [1.807, 2.05) is 13.0 Å². The van der Waals surface area contributed by atoms with Gasteiger partial charge in [0, 0.05) is 0 Å². The molecule has 5 nitrogen and oxygen atoms in total. The Balaban J connectivity index is 2.35. The number of hydrogen-bond acceptors (Lipinski definition) is 4. The first-order chi connectivity index (χ1) is 9.29. The van der Waals surface area contributed by atoms with Gasteiger partial charge in [0.15, 0.2) is 9.84 Å². The molecule has 0 aliphatic heterocycles. The van der Waals surface area contributed by atoms with Gasteiger partial charge in [0.05, 0.1) is 4.90 Å². The number of carboxylic acids is 1. The van der Waals surface area contributed by atoms with Crippen LogP contribution in [-0.4, -0.2) is 19.5 Å². The fourth-order valence-corrected chi connectivity index (χ4v) is 3.49. The van der Waals surface area contributed by atoms with Crippen molar-refractivity contribution in [3.8, 4) is 0 Å². The number of carboxylic acid groups (broad SMARTS) is 1. The molecule has 1 aromatic heterocycles. The molecule has 2 rings (SSSR count). The van der Waals surface area contributed by atoms with E-state index in [4.69, 9.17) is 9.52 Å². The average molecular weight is 294 g/mol. The van der Waals surface area contributed by atoms with Crippen LogP contribution in [0.4, 0.5) is 0 Å². The summed E-state index contributed by atoms with van der Waals surface area (Å²) in [7, 11) is -3.57. The second kappa shape index (κ2) is 5.13. The molecule has 1 aromatic carbocycles. The molecule has 0 radical (unpaired) electrons. The molecule has 0 saturated heterocycles. The topological polar surface area (TPSA) is 84.6 Å². The van der Waals surface area contributed by atoms with E-state index in [0.717, 1.165) is 5.56 Å². The summed E-state index contributed by atoms with van der Waals surface area (Å²) in [4.78, 5) is 10.9. The molecule has 1 N–H and O–H groups in total. The Morgan fingerprint density at radius 2 is 1.90 bits per heavy atom. The Morgan fingerprint density at radius 1 is 1.20 bits per heavy atom. The van der Waals surface area contributed by atoms with Gasteiger partial charge in [0.2, 0.25) is 5.76 Å². The van der Waals surface area contributed by atoms with Crippen LogP contribution in [0.2, 0.25) is 0 Å². The minimum Gasteiger partial charge on any atom is -0.475 e. The minimum absolute atomic E-state index is 0.114. The van der Waals surface area contributed by atoms with E-state index in [0.29, 0.717) is 5.56 Å². The lowest BCUT2D eigenvalue weighted by atomic mass is 10.2. The molecule has 0 unspecified atom stereocenters. The van der Waals surface area contributed by atoms with Crippen molar-refractivity contribution >= 4 is 15.8 Å². The Hall–Kier alpha value is -2.08. The second-order valence-electron chi connectivity index (χ2n) is 4.60. The van der Waals surface area contributed by atoms with Crippen LogP contribution in [0.15, 0.2) is 39.6 Å². The molecule has 0 aliphatic carbocycles. The fourth-order valence-electron chi connectivity index (χ4n) is 1.88. The molecule has 20 heavy (non-hydrogen) atoms. The number of rotatable bonds is 4. The Labute approximate surface area is 116 Å². The lowest BCUT2D eigenvalue weighted by Crippen LogP contribution is -2.06. The first-order valence-corrected chi connectivity index (χ1v) is 7.57. The van der Waals surface area contributed by atoms with Gasteiger partial charge in [-0.3, -0.25) is 0 Å². The summed E-state index contributed by atoms with van der Waals surface area (Å²) >= 11 is 0. The molecule has 0 bridgehead atoms. The third kappa shape index (κ3) is 2.91. The Bertz CT molecular complexity index is 756. The molecule has 2 aromatic rings. The Kier molecular flexibility index (Phi) is 3.67. The molecule has 0 atom stereocenters. The van der Waals surface area contributed by atoms with Crippen LogP contribution in [0.25, 0.3) is 0 Å². The highest BCUT2D eigenvalue weighted by molar-refractivity contribution is 7.90. The van der Waals surface area contributed by atoms with E-state index in [2.05, 4.69) is 0 Å². The molecule has 0 fully saturated rings. The van der Waals surface area contributed by atoms with Gasteiger partial charge in [-0.2, -0.15) is 0 Å². The van der Waals surface area contributed by atoms with Crippen molar-refractivity contribution in [2.75, 3.05) is 0 Å². The summed E-state index contributed by atoms with van der Waals surface area (Å²) < 4.78 is 29.7. The van der Waals surface area contributed by atoms with Crippen molar-refractivity contribution in [1.82, 2.24) is 0 Å². The van der Waals surface area contributed by atoms with E-state index >= 15 is 0 Å². The van der Waals surface area contributed by atoms with Crippen LogP contribution in [0.1, 0.15) is 27.4 Å². The van der Waals surface area contributed by atoms with E-state index in [9.17, 15) is 13.2 Å². The summed E-state index contributed by atoms with van der Waals surface area (Å²) in [5.41, 5.74) is 1.50. The summed E-state index contributed by atoms with van der Waals surface area (Å²) in [6, 6.07) is 7.80. The summed E-state index contributed by atoms with van der Waals surface area (Å²) in [6.07, 6.45) is 0. The van der Waals surface area contributed by atoms with Gasteiger partial charge in [-0.05, 0) is 43.2 Å². The van der Waals surface area contributed by atoms with Crippen molar-refractivity contribution in [3.63, 3.8) is 0 Å². The third-order valence-electron chi connectivity index (χ3n) is 2.88. The highest BCUT2D eigenvalue weighted by Gasteiger charge is 2.21. The third-order valence-corrected chi connectivity index (χ3v) is 4.66. The van der Waals surface area contributed by atoms with Gasteiger partial charge >= 0.3 is 5.97 Å². The normalized spacial score (nSPS) is 11.5. The number of sulfone groups is 1. The zero-order chi connectivity index (χ0) is 14.9. The lowest BCUT2D eigenvalue weighted by Gasteiger charge is -2.07. The largest absolute Gasteiger partial charge is 0.475 e. The lowest BCUT2D eigenvalue weighted by molar-refractivity contribution is 0.0660. The van der Waals surface area contributed by atoms with Gasteiger partial charge in [0.25, 0.3) is 0 Å². The highest BCUT2D eigenvalue weighted by Crippen LogP contribution is 2.22. The Morgan fingerprint density at radius 3 is 2.50 bits per heavy atom. The standard InChI is InChI=1S/C14H14O5S/c1-9-3-4-10(2)13(7-9)20(17,18)8-11-5-6-12(19-11)14(15)16/h3-7H,8H2,1-2H3,(H,15,16). The van der Waals surface area contributed by atoms with Gasteiger partial charge in [-0.1, -0.05) is 12.1 Å². The number of aromatic carboxylic acids is 1. The van der Waals surface area contributed by atoms with Crippen molar-refractivity contribution < 1.29 is 22.7 Å². The van der Waals surface area contributed by atoms with Gasteiger partial charge in [0.1, 0.15) is 11.5 Å². The summed E-state index contributed by atoms with van der Waals surface area (Å²) in [6.45, 7) is 3.53. The molecule has 6 heteroatoms. The number of benzene rings is 1. The summed E-state index contributed by atoms with van der Waals surface area (Å²) in [5, 5.41) is 8.75. The average Bonchev–Trinajstić information content (AvgIpc) is 2.80. The van der Waals surface area contributed by atoms with Crippen LogP contribution in [0, 0.1) is 13.8 Å². The van der Waals surface area contributed by atoms with Crippen molar-refractivity contribution in [1.29, 1.82) is 0 Å². The quantitative estimate of drug-likeness (QED) is 0.936. The van der Waals surface area contributed by atoms with Crippen LogP contribution in [0.5, 0.6) is 0 Å². The van der Waals surface area contributed by atoms with Gasteiger partial charge in [-0.25, -0.2) is 13.2 Å². The predicted octanol–water partition coefficient (Wildman–Crippen LogP) is 2.57. The van der Waals surface area contributed by atoms with Crippen molar-refractivity contribution in [2.24, 2.45) is 0 Å². The molecule has 0 saturated carbocycles. The minimum atomic E-state index is -3.57. The van der Waals surface area contributed by atoms with E-state index < -0.39 is 15.8 Å². The molecule has 0 spiro atoms. The molecular weight excluding hydrogens is 280 g/mol. The van der Waals surface area contributed by atoms with Gasteiger partial charge < -0.3 is 9.52 Å². The second-order valence-corrected chi connectivity index (χ2v) is 6.56. The first kappa shape index (κ1) is 14.3. The summed E-state index contributed by atoms with van der Waals surface area (Å²) in [5.74, 6) is -1.73.